The van der Waals surface area contributed by atoms with E-state index in [1.54, 1.807) is 12.2 Å². The molecule has 0 saturated carbocycles. The first-order valence-electron chi connectivity index (χ1n) is 15.4. The van der Waals surface area contributed by atoms with Gasteiger partial charge < -0.3 is 28.4 Å². The molecule has 0 amide bonds. The van der Waals surface area contributed by atoms with Crippen LogP contribution < -0.4 is 0 Å². The largest absolute Gasteiger partial charge is 0.374 e. The van der Waals surface area contributed by atoms with Crippen LogP contribution in [0, 0.1) is 0 Å². The van der Waals surface area contributed by atoms with Crippen molar-refractivity contribution in [3.63, 3.8) is 0 Å². The first kappa shape index (κ1) is 32.5. The van der Waals surface area contributed by atoms with Crippen molar-refractivity contribution in [1.29, 1.82) is 0 Å². The fourth-order valence-electron chi connectivity index (χ4n) is 5.40. The Morgan fingerprint density at radius 3 is 1.49 bits per heavy atom. The minimum atomic E-state index is -1.36. The Kier molecular flexibility index (Phi) is 12.3. The third-order valence-corrected chi connectivity index (χ3v) is 7.67. The van der Waals surface area contributed by atoms with Crippen LogP contribution in [0.3, 0.4) is 0 Å². The Hall–Kier alpha value is -3.88. The highest BCUT2D eigenvalue weighted by atomic mass is 16.7. The van der Waals surface area contributed by atoms with Gasteiger partial charge in [-0.15, -0.1) is 6.58 Å². The van der Waals surface area contributed by atoms with Gasteiger partial charge in [0, 0.05) is 0 Å². The minimum Gasteiger partial charge on any atom is -0.374 e. The molecule has 5 rings (SSSR count). The van der Waals surface area contributed by atoms with E-state index in [0.29, 0.717) is 26.4 Å². The topological polar surface area (TPSA) is 55.4 Å². The van der Waals surface area contributed by atoms with Crippen LogP contribution in [-0.4, -0.2) is 43.4 Å². The lowest BCUT2D eigenvalue weighted by atomic mass is 9.91. The van der Waals surface area contributed by atoms with E-state index in [1.165, 1.54) is 0 Å². The summed E-state index contributed by atoms with van der Waals surface area (Å²) in [6, 6.07) is 40.2. The molecule has 1 saturated heterocycles. The van der Waals surface area contributed by atoms with Crippen LogP contribution in [0.15, 0.2) is 147 Å². The minimum absolute atomic E-state index is 0.218. The van der Waals surface area contributed by atoms with E-state index >= 15 is 0 Å². The highest BCUT2D eigenvalue weighted by molar-refractivity contribution is 5.17. The summed E-state index contributed by atoms with van der Waals surface area (Å²) in [6.07, 6.45) is 0.859. The van der Waals surface area contributed by atoms with Crippen molar-refractivity contribution in [3.8, 4) is 0 Å². The lowest BCUT2D eigenvalue weighted by Crippen LogP contribution is -2.67. The summed E-state index contributed by atoms with van der Waals surface area (Å²) >= 11 is 0. The van der Waals surface area contributed by atoms with Crippen molar-refractivity contribution in [1.82, 2.24) is 0 Å². The predicted octanol–water partition coefficient (Wildman–Crippen LogP) is 7.44. The van der Waals surface area contributed by atoms with E-state index in [1.807, 2.05) is 121 Å². The Bertz CT molecular complexity index is 1420. The lowest BCUT2D eigenvalue weighted by Gasteiger charge is -2.51. The van der Waals surface area contributed by atoms with Crippen molar-refractivity contribution < 1.29 is 28.4 Å². The second-order valence-electron chi connectivity index (χ2n) is 10.9. The number of ether oxygens (including phenoxy) is 6. The van der Waals surface area contributed by atoms with E-state index in [0.717, 1.165) is 22.3 Å². The molecule has 0 radical (unpaired) electrons. The molecule has 0 spiro atoms. The smallest absolute Gasteiger partial charge is 0.218 e. The van der Waals surface area contributed by atoms with Gasteiger partial charge in [-0.1, -0.05) is 134 Å². The molecule has 4 aromatic rings. The molecular formula is C39H42O6. The molecule has 0 aliphatic carbocycles. The summed E-state index contributed by atoms with van der Waals surface area (Å²) in [4.78, 5) is 0. The standard InChI is InChI=1S/C39H42O6/c1-3-25-44-39(4-2)38(43-29-34-23-15-8-16-24-34)37(42-28-33-21-13-7-14-22-33)36(41-27-32-19-11-6-12-20-32)35(45-39)30-40-26-31-17-9-5-10-18-31/h3-24,35-38H,1-2,25-30H2/t35?,36-,37-,38?,39-/m0/s1. The quantitative estimate of drug-likeness (QED) is 0.117. The second kappa shape index (κ2) is 17.0. The molecular weight excluding hydrogens is 564 g/mol. The van der Waals surface area contributed by atoms with Crippen LogP contribution in [-0.2, 0) is 54.8 Å². The number of hydrogen-bond acceptors (Lipinski definition) is 6. The van der Waals surface area contributed by atoms with Gasteiger partial charge in [0.15, 0.2) is 0 Å². The van der Waals surface area contributed by atoms with Crippen LogP contribution >= 0.6 is 0 Å². The Labute approximate surface area is 266 Å². The van der Waals surface area contributed by atoms with E-state index < -0.39 is 30.2 Å². The van der Waals surface area contributed by atoms with E-state index in [2.05, 4.69) is 13.2 Å². The molecule has 5 atom stereocenters. The summed E-state index contributed by atoms with van der Waals surface area (Å²) in [6.45, 7) is 9.90. The van der Waals surface area contributed by atoms with Gasteiger partial charge in [-0.3, -0.25) is 0 Å². The number of hydrogen-bond donors (Lipinski definition) is 0. The van der Waals surface area contributed by atoms with Gasteiger partial charge in [0.2, 0.25) is 5.79 Å². The lowest BCUT2D eigenvalue weighted by molar-refractivity contribution is -0.361. The van der Waals surface area contributed by atoms with E-state index in [-0.39, 0.29) is 13.2 Å². The molecule has 6 nitrogen and oxygen atoms in total. The van der Waals surface area contributed by atoms with Gasteiger partial charge in [0.25, 0.3) is 0 Å². The van der Waals surface area contributed by atoms with Gasteiger partial charge in [-0.05, 0) is 28.3 Å². The van der Waals surface area contributed by atoms with E-state index in [9.17, 15) is 0 Å². The van der Waals surface area contributed by atoms with Crippen LogP contribution in [0.4, 0.5) is 0 Å². The summed E-state index contributed by atoms with van der Waals surface area (Å²) < 4.78 is 39.6. The van der Waals surface area contributed by atoms with Crippen LogP contribution in [0.2, 0.25) is 0 Å². The molecule has 234 valence electrons. The van der Waals surface area contributed by atoms with Gasteiger partial charge in [-0.25, -0.2) is 0 Å². The fourth-order valence-corrected chi connectivity index (χ4v) is 5.40. The van der Waals surface area contributed by atoms with Crippen LogP contribution in [0.1, 0.15) is 22.3 Å². The zero-order chi connectivity index (χ0) is 31.2. The molecule has 1 fully saturated rings. The molecule has 45 heavy (non-hydrogen) atoms. The van der Waals surface area contributed by atoms with E-state index in [4.69, 9.17) is 28.4 Å². The Morgan fingerprint density at radius 1 is 0.578 bits per heavy atom. The molecule has 6 heteroatoms. The molecule has 1 heterocycles. The highest BCUT2D eigenvalue weighted by Crippen LogP contribution is 2.39. The monoisotopic (exact) mass is 606 g/mol. The van der Waals surface area contributed by atoms with Crippen LogP contribution in [0.25, 0.3) is 0 Å². The predicted molar refractivity (Wildman–Crippen MR) is 175 cm³/mol. The summed E-state index contributed by atoms with van der Waals surface area (Å²) in [5.41, 5.74) is 4.14. The molecule has 4 aromatic carbocycles. The van der Waals surface area contributed by atoms with Gasteiger partial charge in [-0.2, -0.15) is 0 Å². The summed E-state index contributed by atoms with van der Waals surface area (Å²) in [5.74, 6) is -1.36. The molecule has 0 bridgehead atoms. The van der Waals surface area contributed by atoms with Crippen molar-refractivity contribution in [2.45, 2.75) is 56.6 Å². The van der Waals surface area contributed by atoms with Gasteiger partial charge in [0.05, 0.1) is 39.6 Å². The van der Waals surface area contributed by atoms with Crippen molar-refractivity contribution in [3.05, 3.63) is 169 Å². The average molecular weight is 607 g/mol. The molecule has 0 aromatic heterocycles. The fraction of sp³-hybridized carbons (Fsp3) is 0.282. The van der Waals surface area contributed by atoms with Gasteiger partial charge in [0.1, 0.15) is 24.4 Å². The Balaban J connectivity index is 1.48. The molecule has 0 N–H and O–H groups in total. The SMILES string of the molecule is C=CCO[C@@]1(C=C)OC(COCc2ccccc2)[C@H](OCc2ccccc2)[C@H](OCc2ccccc2)C1OCc1ccccc1. The maximum absolute atomic E-state index is 6.80. The zero-order valence-corrected chi connectivity index (χ0v) is 25.6. The molecule has 1 aliphatic heterocycles. The van der Waals surface area contributed by atoms with Crippen molar-refractivity contribution in [2.24, 2.45) is 0 Å². The third kappa shape index (κ3) is 9.08. The Morgan fingerprint density at radius 2 is 1.02 bits per heavy atom. The summed E-state index contributed by atoms with van der Waals surface area (Å²) in [5, 5.41) is 0. The van der Waals surface area contributed by atoms with Crippen molar-refractivity contribution in [2.75, 3.05) is 13.2 Å². The zero-order valence-electron chi connectivity index (χ0n) is 25.6. The third-order valence-electron chi connectivity index (χ3n) is 7.67. The first-order valence-corrected chi connectivity index (χ1v) is 15.4. The van der Waals surface area contributed by atoms with Gasteiger partial charge >= 0.3 is 0 Å². The average Bonchev–Trinajstić information content (AvgIpc) is 3.10. The molecule has 2 unspecified atom stereocenters. The normalized spacial score (nSPS) is 22.9. The number of benzene rings is 4. The molecule has 1 aliphatic rings. The van der Waals surface area contributed by atoms with Crippen LogP contribution in [0.5, 0.6) is 0 Å². The maximum Gasteiger partial charge on any atom is 0.218 e. The second-order valence-corrected chi connectivity index (χ2v) is 10.9. The first-order chi connectivity index (χ1) is 22.2. The van der Waals surface area contributed by atoms with Crippen molar-refractivity contribution >= 4 is 0 Å². The highest BCUT2D eigenvalue weighted by Gasteiger charge is 2.56. The summed E-state index contributed by atoms with van der Waals surface area (Å²) in [7, 11) is 0. The maximum atomic E-state index is 6.80. The number of rotatable bonds is 17.